The zero-order chi connectivity index (χ0) is 11.5. The van der Waals surface area contributed by atoms with Crippen molar-refractivity contribution in [2.75, 3.05) is 31.2 Å². The van der Waals surface area contributed by atoms with Gasteiger partial charge < -0.3 is 16.0 Å². The predicted molar refractivity (Wildman–Crippen MR) is 65.0 cm³/mol. The number of halogens is 1. The van der Waals surface area contributed by atoms with Gasteiger partial charge in [-0.2, -0.15) is 0 Å². The van der Waals surface area contributed by atoms with E-state index in [1.165, 1.54) is 6.07 Å². The third-order valence-electron chi connectivity index (χ3n) is 3.02. The summed E-state index contributed by atoms with van der Waals surface area (Å²) in [4.78, 5) is 2.25. The number of benzene rings is 1. The second-order valence-corrected chi connectivity index (χ2v) is 4.45. The number of piperidine rings is 1. The maximum atomic E-state index is 13.5. The summed E-state index contributed by atoms with van der Waals surface area (Å²) in [6.07, 6.45) is 2.21. The van der Waals surface area contributed by atoms with Gasteiger partial charge in [0.25, 0.3) is 0 Å². The van der Waals surface area contributed by atoms with Crippen molar-refractivity contribution in [2.45, 2.75) is 18.9 Å². The first-order valence-corrected chi connectivity index (χ1v) is 5.66. The van der Waals surface area contributed by atoms with Gasteiger partial charge in [-0.25, -0.2) is 4.39 Å². The number of likely N-dealkylation sites (N-methyl/N-ethyl adjacent to an activating group) is 1. The highest BCUT2D eigenvalue weighted by atomic mass is 19.1. The molecule has 1 unspecified atom stereocenters. The fourth-order valence-corrected chi connectivity index (χ4v) is 2.18. The topological polar surface area (TPSA) is 41.3 Å². The fourth-order valence-electron chi connectivity index (χ4n) is 2.18. The number of nitrogens with one attached hydrogen (secondary N) is 1. The molecule has 0 saturated carbocycles. The minimum atomic E-state index is -0.270. The van der Waals surface area contributed by atoms with Crippen molar-refractivity contribution in [1.82, 2.24) is 4.90 Å². The van der Waals surface area contributed by atoms with Crippen LogP contribution in [0.25, 0.3) is 0 Å². The van der Waals surface area contributed by atoms with E-state index in [1.807, 2.05) is 0 Å². The molecular formula is C12H18FN3. The van der Waals surface area contributed by atoms with E-state index < -0.39 is 0 Å². The van der Waals surface area contributed by atoms with E-state index in [0.717, 1.165) is 25.9 Å². The maximum Gasteiger partial charge on any atom is 0.148 e. The Morgan fingerprint density at radius 2 is 2.31 bits per heavy atom. The van der Waals surface area contributed by atoms with Crippen molar-refractivity contribution < 1.29 is 4.39 Å². The molecule has 4 heteroatoms. The Morgan fingerprint density at radius 3 is 3.00 bits per heavy atom. The van der Waals surface area contributed by atoms with E-state index in [2.05, 4.69) is 17.3 Å². The molecule has 3 nitrogen and oxygen atoms in total. The zero-order valence-corrected chi connectivity index (χ0v) is 9.54. The van der Waals surface area contributed by atoms with E-state index in [1.54, 1.807) is 12.1 Å². The Bertz CT molecular complexity index is 347. The molecule has 0 aromatic heterocycles. The van der Waals surface area contributed by atoms with Gasteiger partial charge in [0.15, 0.2) is 0 Å². The number of nitrogen functional groups attached to an aromatic ring is 1. The molecule has 16 heavy (non-hydrogen) atoms. The smallest absolute Gasteiger partial charge is 0.148 e. The van der Waals surface area contributed by atoms with Crippen LogP contribution >= 0.6 is 0 Å². The lowest BCUT2D eigenvalue weighted by atomic mass is 10.1. The van der Waals surface area contributed by atoms with Crippen LogP contribution in [0.3, 0.4) is 0 Å². The van der Waals surface area contributed by atoms with Crippen LogP contribution in [0.5, 0.6) is 0 Å². The van der Waals surface area contributed by atoms with E-state index in [4.69, 9.17) is 5.73 Å². The summed E-state index contributed by atoms with van der Waals surface area (Å²) in [6.45, 7) is 2.05. The van der Waals surface area contributed by atoms with Gasteiger partial charge in [-0.1, -0.05) is 6.07 Å². The van der Waals surface area contributed by atoms with Crippen LogP contribution in [-0.2, 0) is 0 Å². The predicted octanol–water partition coefficient (Wildman–Crippen LogP) is 1.91. The summed E-state index contributed by atoms with van der Waals surface area (Å²) in [7, 11) is 2.08. The van der Waals surface area contributed by atoms with Crippen LogP contribution < -0.4 is 11.1 Å². The molecule has 1 aliphatic heterocycles. The summed E-state index contributed by atoms with van der Waals surface area (Å²) in [5.74, 6) is -0.270. The Balaban J connectivity index is 2.08. The number of likely N-dealkylation sites (tertiary alicyclic amines) is 1. The van der Waals surface area contributed by atoms with E-state index in [-0.39, 0.29) is 11.9 Å². The van der Waals surface area contributed by atoms with Crippen LogP contribution in [0.15, 0.2) is 18.2 Å². The summed E-state index contributed by atoms with van der Waals surface area (Å²) in [5.41, 5.74) is 6.68. The maximum absolute atomic E-state index is 13.5. The number of anilines is 2. The van der Waals surface area contributed by atoms with Crippen molar-refractivity contribution in [2.24, 2.45) is 0 Å². The molecule has 0 amide bonds. The van der Waals surface area contributed by atoms with Crippen LogP contribution in [0, 0.1) is 5.82 Å². The molecule has 88 valence electrons. The third kappa shape index (κ3) is 2.44. The number of hydrogen-bond acceptors (Lipinski definition) is 3. The molecule has 1 aromatic rings. The highest BCUT2D eigenvalue weighted by Crippen LogP contribution is 2.24. The highest BCUT2D eigenvalue weighted by molar-refractivity contribution is 5.66. The summed E-state index contributed by atoms with van der Waals surface area (Å²) >= 11 is 0. The quantitative estimate of drug-likeness (QED) is 0.753. The molecule has 1 aromatic carbocycles. The Hall–Kier alpha value is -1.29. The van der Waals surface area contributed by atoms with Crippen molar-refractivity contribution >= 4 is 11.4 Å². The molecule has 0 radical (unpaired) electrons. The first-order chi connectivity index (χ1) is 7.66. The third-order valence-corrected chi connectivity index (χ3v) is 3.02. The average Bonchev–Trinajstić information content (AvgIpc) is 2.24. The second kappa shape index (κ2) is 4.70. The van der Waals surface area contributed by atoms with Crippen molar-refractivity contribution in [3.63, 3.8) is 0 Å². The highest BCUT2D eigenvalue weighted by Gasteiger charge is 2.18. The van der Waals surface area contributed by atoms with Crippen LogP contribution in [-0.4, -0.2) is 31.1 Å². The number of rotatable bonds is 2. The van der Waals surface area contributed by atoms with Gasteiger partial charge in [-0.3, -0.25) is 0 Å². The van der Waals surface area contributed by atoms with Crippen LogP contribution in [0.4, 0.5) is 15.8 Å². The van der Waals surface area contributed by atoms with Crippen molar-refractivity contribution in [3.8, 4) is 0 Å². The minimum absolute atomic E-state index is 0.270. The Morgan fingerprint density at radius 1 is 1.50 bits per heavy atom. The SMILES string of the molecule is CN1CCCC(Nc2c(N)cccc2F)C1. The van der Waals surface area contributed by atoms with Crippen molar-refractivity contribution in [1.29, 1.82) is 0 Å². The normalized spacial score (nSPS) is 22.0. The Labute approximate surface area is 95.4 Å². The van der Waals surface area contributed by atoms with Crippen molar-refractivity contribution in [3.05, 3.63) is 24.0 Å². The van der Waals surface area contributed by atoms with E-state index in [0.29, 0.717) is 11.4 Å². The van der Waals surface area contributed by atoms with Gasteiger partial charge in [0, 0.05) is 12.6 Å². The molecule has 1 atom stereocenters. The molecule has 0 aliphatic carbocycles. The molecule has 1 aliphatic rings. The lowest BCUT2D eigenvalue weighted by Gasteiger charge is -2.31. The van der Waals surface area contributed by atoms with Gasteiger partial charge in [0.2, 0.25) is 0 Å². The van der Waals surface area contributed by atoms with E-state index >= 15 is 0 Å². The number of hydrogen-bond donors (Lipinski definition) is 2. The Kier molecular flexibility index (Phi) is 3.29. The van der Waals surface area contributed by atoms with Gasteiger partial charge in [-0.15, -0.1) is 0 Å². The molecular weight excluding hydrogens is 205 g/mol. The molecule has 2 rings (SSSR count). The fraction of sp³-hybridized carbons (Fsp3) is 0.500. The molecule has 1 fully saturated rings. The number of nitrogens with two attached hydrogens (primary N) is 1. The zero-order valence-electron chi connectivity index (χ0n) is 9.54. The summed E-state index contributed by atoms with van der Waals surface area (Å²) < 4.78 is 13.5. The lowest BCUT2D eigenvalue weighted by molar-refractivity contribution is 0.260. The van der Waals surface area contributed by atoms with Crippen LogP contribution in [0.1, 0.15) is 12.8 Å². The molecule has 0 bridgehead atoms. The molecule has 1 heterocycles. The molecule has 1 saturated heterocycles. The number of nitrogens with zero attached hydrogens (tertiary/aromatic N) is 1. The largest absolute Gasteiger partial charge is 0.397 e. The first-order valence-electron chi connectivity index (χ1n) is 5.66. The monoisotopic (exact) mass is 223 g/mol. The van der Waals surface area contributed by atoms with Gasteiger partial charge in [-0.05, 0) is 38.6 Å². The van der Waals surface area contributed by atoms with E-state index in [9.17, 15) is 4.39 Å². The molecule has 0 spiro atoms. The minimum Gasteiger partial charge on any atom is -0.397 e. The number of para-hydroxylation sites is 1. The standard InChI is InChI=1S/C12H18FN3/c1-16-7-3-4-9(8-16)15-12-10(13)5-2-6-11(12)14/h2,5-6,9,15H,3-4,7-8,14H2,1H3. The van der Waals surface area contributed by atoms with Gasteiger partial charge >= 0.3 is 0 Å². The first kappa shape index (κ1) is 11.2. The van der Waals surface area contributed by atoms with Crippen LogP contribution in [0.2, 0.25) is 0 Å². The van der Waals surface area contributed by atoms with Gasteiger partial charge in [0.05, 0.1) is 11.4 Å². The summed E-state index contributed by atoms with van der Waals surface area (Å²) in [6, 6.07) is 5.07. The summed E-state index contributed by atoms with van der Waals surface area (Å²) in [5, 5.41) is 3.21. The molecule has 3 N–H and O–H groups in total. The second-order valence-electron chi connectivity index (χ2n) is 4.45. The average molecular weight is 223 g/mol. The van der Waals surface area contributed by atoms with Gasteiger partial charge in [0.1, 0.15) is 5.82 Å². The lowest BCUT2D eigenvalue weighted by Crippen LogP contribution is -2.40.